The molecule has 0 saturated carbocycles. The second kappa shape index (κ2) is 9.43. The third-order valence-electron chi connectivity index (χ3n) is 5.31. The van der Waals surface area contributed by atoms with Gasteiger partial charge in [-0.15, -0.1) is 0 Å². The number of para-hydroxylation sites is 1. The molecule has 2 heterocycles. The highest BCUT2D eigenvalue weighted by Gasteiger charge is 2.22. The molecule has 2 aromatic heterocycles. The molecule has 2 aromatic carbocycles. The van der Waals surface area contributed by atoms with Gasteiger partial charge in [-0.25, -0.2) is 4.68 Å². The van der Waals surface area contributed by atoms with Gasteiger partial charge in [-0.1, -0.05) is 39.0 Å². The summed E-state index contributed by atoms with van der Waals surface area (Å²) in [7, 11) is 1.57. The molecule has 0 aliphatic carbocycles. The van der Waals surface area contributed by atoms with Crippen molar-refractivity contribution >= 4 is 28.7 Å². The maximum absolute atomic E-state index is 12.6. The Labute approximate surface area is 197 Å². The number of methoxy groups -OCH3 is 1. The lowest BCUT2D eigenvalue weighted by atomic mass is 9.92. The molecular formula is C26H27N3O5. The predicted molar refractivity (Wildman–Crippen MR) is 128 cm³/mol. The van der Waals surface area contributed by atoms with E-state index < -0.39 is 18.5 Å². The first-order chi connectivity index (χ1) is 16.2. The summed E-state index contributed by atoms with van der Waals surface area (Å²) in [6.07, 6.45) is 1.50. The molecule has 0 radical (unpaired) electrons. The van der Waals surface area contributed by atoms with Crippen molar-refractivity contribution in [2.24, 2.45) is 0 Å². The van der Waals surface area contributed by atoms with E-state index in [1.54, 1.807) is 23.9 Å². The average Bonchev–Trinajstić information content (AvgIpc) is 3.42. The summed E-state index contributed by atoms with van der Waals surface area (Å²) < 4.78 is 17.6. The number of carbonyl (C=O) groups excluding carboxylic acids is 2. The zero-order chi connectivity index (χ0) is 24.3. The van der Waals surface area contributed by atoms with Crippen LogP contribution >= 0.6 is 0 Å². The van der Waals surface area contributed by atoms with Crippen LogP contribution in [0.15, 0.2) is 65.3 Å². The van der Waals surface area contributed by atoms with Gasteiger partial charge in [0.1, 0.15) is 17.2 Å². The SMILES string of the molecule is COc1ccc2c(CC(=O)OCC(=O)Nc3cc(C(C)(C)C)nn3-c3ccccc3)coc2c1. The van der Waals surface area contributed by atoms with Crippen LogP contribution in [0, 0.1) is 0 Å². The summed E-state index contributed by atoms with van der Waals surface area (Å²) in [6, 6.07) is 16.7. The van der Waals surface area contributed by atoms with E-state index in [-0.39, 0.29) is 11.8 Å². The number of rotatable bonds is 7. The number of fused-ring (bicyclic) bond motifs is 1. The molecule has 1 N–H and O–H groups in total. The zero-order valence-corrected chi connectivity index (χ0v) is 19.6. The van der Waals surface area contributed by atoms with Crippen LogP contribution in [-0.4, -0.2) is 35.4 Å². The molecule has 0 atom stereocenters. The Hall–Kier alpha value is -4.07. The van der Waals surface area contributed by atoms with E-state index in [2.05, 4.69) is 10.4 Å². The fourth-order valence-corrected chi connectivity index (χ4v) is 3.46. The number of amides is 1. The molecule has 0 aliphatic heterocycles. The second-order valence-corrected chi connectivity index (χ2v) is 8.92. The molecule has 4 rings (SSSR count). The lowest BCUT2D eigenvalue weighted by Crippen LogP contribution is -2.23. The Kier molecular flexibility index (Phi) is 6.40. The van der Waals surface area contributed by atoms with Crippen molar-refractivity contribution < 1.29 is 23.5 Å². The molecule has 0 aliphatic rings. The minimum absolute atomic E-state index is 0.0112. The third kappa shape index (κ3) is 5.11. The van der Waals surface area contributed by atoms with Crippen molar-refractivity contribution in [2.45, 2.75) is 32.6 Å². The number of hydrogen-bond acceptors (Lipinski definition) is 6. The standard InChI is InChI=1S/C26H27N3O5/c1-26(2,3)22-14-23(29(28-22)18-8-6-5-7-9-18)27-24(30)16-34-25(31)12-17-15-33-21-13-19(32-4)10-11-20(17)21/h5-11,13-15H,12,16H2,1-4H3,(H,27,30). The maximum Gasteiger partial charge on any atom is 0.310 e. The van der Waals surface area contributed by atoms with Gasteiger partial charge < -0.3 is 19.2 Å². The fraction of sp³-hybridized carbons (Fsp3) is 0.269. The summed E-state index contributed by atoms with van der Waals surface area (Å²) >= 11 is 0. The number of anilines is 1. The van der Waals surface area contributed by atoms with Gasteiger partial charge in [0, 0.05) is 28.5 Å². The second-order valence-electron chi connectivity index (χ2n) is 8.92. The number of ether oxygens (including phenoxy) is 2. The molecule has 0 spiro atoms. The van der Waals surface area contributed by atoms with Crippen LogP contribution < -0.4 is 10.1 Å². The summed E-state index contributed by atoms with van der Waals surface area (Å²) in [4.78, 5) is 25.0. The first-order valence-corrected chi connectivity index (χ1v) is 10.9. The molecule has 8 nitrogen and oxygen atoms in total. The van der Waals surface area contributed by atoms with Crippen LogP contribution in [0.2, 0.25) is 0 Å². The summed E-state index contributed by atoms with van der Waals surface area (Å²) in [5.74, 6) is 0.192. The number of nitrogens with one attached hydrogen (secondary N) is 1. The van der Waals surface area contributed by atoms with E-state index in [1.807, 2.05) is 63.2 Å². The number of esters is 1. The molecular weight excluding hydrogens is 434 g/mol. The molecule has 4 aromatic rings. The van der Waals surface area contributed by atoms with E-state index in [9.17, 15) is 9.59 Å². The predicted octanol–water partition coefficient (Wildman–Crippen LogP) is 4.65. The van der Waals surface area contributed by atoms with Crippen molar-refractivity contribution in [3.05, 3.63) is 72.1 Å². The van der Waals surface area contributed by atoms with Crippen molar-refractivity contribution in [2.75, 3.05) is 19.0 Å². The van der Waals surface area contributed by atoms with E-state index in [1.165, 1.54) is 6.26 Å². The summed E-state index contributed by atoms with van der Waals surface area (Å²) in [5, 5.41) is 8.27. The molecule has 176 valence electrons. The lowest BCUT2D eigenvalue weighted by molar-refractivity contribution is -0.146. The Balaban J connectivity index is 1.41. The number of aromatic nitrogens is 2. The Morgan fingerprint density at radius 1 is 1.09 bits per heavy atom. The highest BCUT2D eigenvalue weighted by atomic mass is 16.5. The monoisotopic (exact) mass is 461 g/mol. The highest BCUT2D eigenvalue weighted by molar-refractivity contribution is 5.93. The molecule has 1 amide bonds. The minimum Gasteiger partial charge on any atom is -0.497 e. The molecule has 0 unspecified atom stereocenters. The quantitative estimate of drug-likeness (QED) is 0.403. The van der Waals surface area contributed by atoms with Gasteiger partial charge in [0.25, 0.3) is 5.91 Å². The average molecular weight is 462 g/mol. The van der Waals surface area contributed by atoms with Crippen LogP contribution in [0.4, 0.5) is 5.82 Å². The van der Waals surface area contributed by atoms with Gasteiger partial charge in [-0.05, 0) is 24.3 Å². The van der Waals surface area contributed by atoms with Gasteiger partial charge in [0.05, 0.1) is 31.2 Å². The van der Waals surface area contributed by atoms with Gasteiger partial charge in [0.15, 0.2) is 6.61 Å². The molecule has 34 heavy (non-hydrogen) atoms. The number of furan rings is 1. The largest absolute Gasteiger partial charge is 0.497 e. The first-order valence-electron chi connectivity index (χ1n) is 10.9. The van der Waals surface area contributed by atoms with Gasteiger partial charge in [-0.3, -0.25) is 9.59 Å². The van der Waals surface area contributed by atoms with Crippen LogP contribution in [0.5, 0.6) is 5.75 Å². The minimum atomic E-state index is -0.527. The fourth-order valence-electron chi connectivity index (χ4n) is 3.46. The first kappa shape index (κ1) is 23.1. The normalized spacial score (nSPS) is 11.4. The summed E-state index contributed by atoms with van der Waals surface area (Å²) in [5.41, 5.74) is 2.73. The maximum atomic E-state index is 12.6. The number of benzene rings is 2. The summed E-state index contributed by atoms with van der Waals surface area (Å²) in [6.45, 7) is 5.74. The topological polar surface area (TPSA) is 95.6 Å². The number of nitrogens with zero attached hydrogens (tertiary/aromatic N) is 2. The third-order valence-corrected chi connectivity index (χ3v) is 5.31. The van der Waals surface area contributed by atoms with E-state index in [0.717, 1.165) is 16.8 Å². The van der Waals surface area contributed by atoms with Crippen LogP contribution in [-0.2, 0) is 26.2 Å². The van der Waals surface area contributed by atoms with E-state index in [4.69, 9.17) is 13.9 Å². The Morgan fingerprint density at radius 3 is 2.56 bits per heavy atom. The number of hydrogen-bond donors (Lipinski definition) is 1. The molecule has 0 bridgehead atoms. The number of carbonyl (C=O) groups is 2. The molecule has 0 fully saturated rings. The Bertz CT molecular complexity index is 1320. The van der Waals surface area contributed by atoms with Crippen LogP contribution in [0.25, 0.3) is 16.7 Å². The molecule has 0 saturated heterocycles. The van der Waals surface area contributed by atoms with Crippen molar-refractivity contribution in [3.63, 3.8) is 0 Å². The van der Waals surface area contributed by atoms with Crippen molar-refractivity contribution in [1.29, 1.82) is 0 Å². The van der Waals surface area contributed by atoms with Gasteiger partial charge in [-0.2, -0.15) is 5.10 Å². The zero-order valence-electron chi connectivity index (χ0n) is 19.6. The van der Waals surface area contributed by atoms with E-state index >= 15 is 0 Å². The van der Waals surface area contributed by atoms with Crippen molar-refractivity contribution in [1.82, 2.24) is 9.78 Å². The molecule has 8 heteroatoms. The van der Waals surface area contributed by atoms with Gasteiger partial charge >= 0.3 is 5.97 Å². The van der Waals surface area contributed by atoms with E-state index in [0.29, 0.717) is 22.7 Å². The highest BCUT2D eigenvalue weighted by Crippen LogP contribution is 2.27. The van der Waals surface area contributed by atoms with Crippen molar-refractivity contribution in [3.8, 4) is 11.4 Å². The lowest BCUT2D eigenvalue weighted by Gasteiger charge is -2.14. The smallest absolute Gasteiger partial charge is 0.310 e. The Morgan fingerprint density at radius 2 is 1.85 bits per heavy atom. The van der Waals surface area contributed by atoms with Crippen LogP contribution in [0.3, 0.4) is 0 Å². The van der Waals surface area contributed by atoms with Gasteiger partial charge in [0.2, 0.25) is 0 Å². The van der Waals surface area contributed by atoms with Crippen LogP contribution in [0.1, 0.15) is 32.0 Å².